The molecule has 0 amide bonds. The van der Waals surface area contributed by atoms with E-state index in [9.17, 15) is 9.90 Å². The number of hydrogen-bond donors (Lipinski definition) is 0. The van der Waals surface area contributed by atoms with Crippen LogP contribution in [-0.2, 0) is 13.2 Å². The van der Waals surface area contributed by atoms with Crippen molar-refractivity contribution in [3.63, 3.8) is 0 Å². The molecular formula is C25H21O4-. The topological polar surface area (TPSA) is 58.6 Å². The minimum atomic E-state index is -1.29. The highest BCUT2D eigenvalue weighted by Crippen LogP contribution is 2.25. The largest absolute Gasteiger partial charge is 0.545 e. The third kappa shape index (κ3) is 5.59. The molecule has 0 radical (unpaired) electrons. The zero-order valence-electron chi connectivity index (χ0n) is 16.0. The minimum Gasteiger partial charge on any atom is -0.545 e. The molecule has 0 heterocycles. The first-order chi connectivity index (χ1) is 14.1. The van der Waals surface area contributed by atoms with Crippen molar-refractivity contribution in [1.82, 2.24) is 0 Å². The molecule has 29 heavy (non-hydrogen) atoms. The quantitative estimate of drug-likeness (QED) is 0.544. The third-order valence-corrected chi connectivity index (χ3v) is 4.36. The molecular weight excluding hydrogens is 364 g/mol. The molecule has 0 N–H and O–H groups in total. The molecule has 0 unspecified atom stereocenters. The van der Waals surface area contributed by atoms with Gasteiger partial charge in [0.1, 0.15) is 24.7 Å². The molecule has 4 nitrogen and oxygen atoms in total. The highest BCUT2D eigenvalue weighted by atomic mass is 16.5. The van der Waals surface area contributed by atoms with E-state index in [0.717, 1.165) is 22.3 Å². The smallest absolute Gasteiger partial charge is 0.124 e. The third-order valence-electron chi connectivity index (χ3n) is 4.36. The molecule has 3 aromatic rings. The maximum Gasteiger partial charge on any atom is 0.124 e. The van der Waals surface area contributed by atoms with Crippen LogP contribution < -0.4 is 14.6 Å². The van der Waals surface area contributed by atoms with Crippen molar-refractivity contribution >= 4 is 18.1 Å². The number of carbonyl (C=O) groups excluding carboxylic acids is 1. The summed E-state index contributed by atoms with van der Waals surface area (Å²) in [4.78, 5) is 11.4. The van der Waals surface area contributed by atoms with Crippen molar-refractivity contribution in [2.75, 3.05) is 0 Å². The van der Waals surface area contributed by atoms with Gasteiger partial charge in [0.05, 0.1) is 5.97 Å². The van der Waals surface area contributed by atoms with E-state index < -0.39 is 5.97 Å². The summed E-state index contributed by atoms with van der Waals surface area (Å²) in [5.41, 5.74) is 3.95. The summed E-state index contributed by atoms with van der Waals surface area (Å²) in [6.07, 6.45) is 3.53. The van der Waals surface area contributed by atoms with Crippen molar-refractivity contribution < 1.29 is 19.4 Å². The molecule has 0 aromatic heterocycles. The van der Waals surface area contributed by atoms with Crippen LogP contribution in [0.15, 0.2) is 79.9 Å². The van der Waals surface area contributed by atoms with Gasteiger partial charge in [0.15, 0.2) is 0 Å². The molecule has 0 aliphatic heterocycles. The Hall–Kier alpha value is -3.79. The van der Waals surface area contributed by atoms with Gasteiger partial charge in [-0.15, -0.1) is 0 Å². The molecule has 0 bridgehead atoms. The molecule has 0 saturated heterocycles. The van der Waals surface area contributed by atoms with Crippen LogP contribution in [0.25, 0.3) is 12.2 Å². The number of rotatable bonds is 9. The Morgan fingerprint density at radius 3 is 1.52 bits per heavy atom. The van der Waals surface area contributed by atoms with Gasteiger partial charge in [-0.1, -0.05) is 73.8 Å². The van der Waals surface area contributed by atoms with Gasteiger partial charge in [-0.3, -0.25) is 0 Å². The Labute approximate surface area is 170 Å². The number of benzene rings is 3. The van der Waals surface area contributed by atoms with Crippen LogP contribution in [0.1, 0.15) is 32.6 Å². The monoisotopic (exact) mass is 385 g/mol. The molecule has 0 saturated carbocycles. The highest BCUT2D eigenvalue weighted by Gasteiger charge is 2.06. The Kier molecular flexibility index (Phi) is 6.48. The van der Waals surface area contributed by atoms with Crippen LogP contribution in [0.3, 0.4) is 0 Å². The number of carbonyl (C=O) groups is 1. The van der Waals surface area contributed by atoms with Crippen molar-refractivity contribution in [2.24, 2.45) is 0 Å². The average molecular weight is 385 g/mol. The van der Waals surface area contributed by atoms with Gasteiger partial charge < -0.3 is 19.4 Å². The van der Waals surface area contributed by atoms with Crippen LogP contribution in [-0.4, -0.2) is 5.97 Å². The molecule has 0 aliphatic rings. The van der Waals surface area contributed by atoms with Crippen molar-refractivity contribution in [2.45, 2.75) is 13.2 Å². The zero-order chi connectivity index (χ0) is 20.6. The summed E-state index contributed by atoms with van der Waals surface area (Å²) in [6.45, 7) is 8.06. The molecule has 0 aliphatic carbocycles. The van der Waals surface area contributed by atoms with E-state index in [1.54, 1.807) is 18.2 Å². The Morgan fingerprint density at radius 1 is 0.759 bits per heavy atom. The predicted octanol–water partition coefficient (Wildman–Crippen LogP) is 4.49. The van der Waals surface area contributed by atoms with E-state index in [1.165, 1.54) is 12.1 Å². The van der Waals surface area contributed by atoms with E-state index in [2.05, 4.69) is 13.2 Å². The minimum absolute atomic E-state index is 0.00140. The molecule has 3 aromatic carbocycles. The number of carboxylic acid groups (broad SMARTS) is 1. The summed E-state index contributed by atoms with van der Waals surface area (Å²) in [5, 5.41) is 11.4. The predicted molar refractivity (Wildman–Crippen MR) is 113 cm³/mol. The summed E-state index contributed by atoms with van der Waals surface area (Å²) in [5.74, 6) is -0.487. The first-order valence-electron chi connectivity index (χ1n) is 9.12. The number of hydrogen-bond acceptors (Lipinski definition) is 4. The lowest BCUT2D eigenvalue weighted by molar-refractivity contribution is -0.255. The first-order valence-corrected chi connectivity index (χ1v) is 9.12. The molecule has 146 valence electrons. The normalized spacial score (nSPS) is 10.2. The van der Waals surface area contributed by atoms with Gasteiger partial charge >= 0.3 is 0 Å². The summed E-state index contributed by atoms with van der Waals surface area (Å²) >= 11 is 0. The van der Waals surface area contributed by atoms with Crippen molar-refractivity contribution in [1.29, 1.82) is 0 Å². The van der Waals surface area contributed by atoms with Gasteiger partial charge in [-0.25, -0.2) is 0 Å². The second-order valence-corrected chi connectivity index (χ2v) is 6.45. The van der Waals surface area contributed by atoms with E-state index in [-0.39, 0.29) is 5.56 Å². The average Bonchev–Trinajstić information content (AvgIpc) is 2.76. The molecule has 3 rings (SSSR count). The van der Waals surface area contributed by atoms with Crippen LogP contribution in [0.2, 0.25) is 0 Å². The maximum atomic E-state index is 11.4. The van der Waals surface area contributed by atoms with Gasteiger partial charge in [0, 0.05) is 11.6 Å². The first kappa shape index (κ1) is 20.0. The number of ether oxygens (including phenoxy) is 2. The zero-order valence-corrected chi connectivity index (χ0v) is 16.0. The van der Waals surface area contributed by atoms with Gasteiger partial charge in [0.2, 0.25) is 0 Å². The fourth-order valence-electron chi connectivity index (χ4n) is 2.69. The summed E-state index contributed by atoms with van der Waals surface area (Å²) in [7, 11) is 0. The van der Waals surface area contributed by atoms with Crippen LogP contribution in [0.5, 0.6) is 11.5 Å². The lowest BCUT2D eigenvalue weighted by Crippen LogP contribution is -2.22. The maximum absolute atomic E-state index is 11.4. The van der Waals surface area contributed by atoms with Gasteiger partial charge in [0.25, 0.3) is 0 Å². The van der Waals surface area contributed by atoms with Gasteiger partial charge in [-0.2, -0.15) is 0 Å². The lowest BCUT2D eigenvalue weighted by atomic mass is 10.1. The van der Waals surface area contributed by atoms with E-state index >= 15 is 0 Å². The number of aromatic carboxylic acids is 1. The van der Waals surface area contributed by atoms with Crippen LogP contribution in [0.4, 0.5) is 0 Å². The second kappa shape index (κ2) is 9.42. The fourth-order valence-corrected chi connectivity index (χ4v) is 2.69. The molecule has 0 fully saturated rings. The Balaban J connectivity index is 1.71. The van der Waals surface area contributed by atoms with Crippen molar-refractivity contribution in [3.8, 4) is 11.5 Å². The fraction of sp³-hybridized carbons (Fsp3) is 0.0800. The van der Waals surface area contributed by atoms with E-state index in [4.69, 9.17) is 9.47 Å². The summed E-state index contributed by atoms with van der Waals surface area (Å²) in [6, 6.07) is 20.0. The Bertz CT molecular complexity index is 928. The highest BCUT2D eigenvalue weighted by molar-refractivity contribution is 5.87. The van der Waals surface area contributed by atoms with Crippen LogP contribution >= 0.6 is 0 Å². The lowest BCUT2D eigenvalue weighted by Gasteiger charge is -2.13. The SMILES string of the molecule is C=Cc1ccc(COc2cc(OCc3ccc(C=C)cc3)cc(C(=O)[O-])c2)cc1. The van der Waals surface area contributed by atoms with Crippen molar-refractivity contribution in [3.05, 3.63) is 108 Å². The molecule has 0 atom stereocenters. The van der Waals surface area contributed by atoms with E-state index in [1.807, 2.05) is 48.5 Å². The second-order valence-electron chi connectivity index (χ2n) is 6.45. The molecule has 0 spiro atoms. The number of carboxylic acids is 1. The van der Waals surface area contributed by atoms with Gasteiger partial charge in [-0.05, 0) is 34.4 Å². The Morgan fingerprint density at radius 2 is 1.17 bits per heavy atom. The standard InChI is InChI=1S/C25H22O4/c1-3-18-5-9-20(10-6-18)16-28-23-13-22(25(26)27)14-24(15-23)29-17-21-11-7-19(4-2)8-12-21/h3-15H,1-2,16-17H2,(H,26,27)/p-1. The molecule has 4 heteroatoms. The summed E-state index contributed by atoms with van der Waals surface area (Å²) < 4.78 is 11.5. The van der Waals surface area contributed by atoms with Crippen LogP contribution in [0, 0.1) is 0 Å². The van der Waals surface area contributed by atoms with E-state index in [0.29, 0.717) is 24.7 Å².